The Kier molecular flexibility index (Phi) is 8.12. The second-order valence-electron chi connectivity index (χ2n) is 3.46. The Bertz CT molecular complexity index is 645. The third-order valence-corrected chi connectivity index (χ3v) is 3.12. The molecule has 9 heteroatoms. The number of benzene rings is 1. The summed E-state index contributed by atoms with van der Waals surface area (Å²) < 4.78 is 0. The van der Waals surface area contributed by atoms with Gasteiger partial charge in [0.05, 0.1) is 11.9 Å². The molecule has 2 rings (SSSR count). The minimum absolute atomic E-state index is 0. The second kappa shape index (κ2) is 8.23. The molecule has 1 heterocycles. The van der Waals surface area contributed by atoms with Gasteiger partial charge in [-0.15, -0.1) is 10.2 Å². The van der Waals surface area contributed by atoms with Crippen LogP contribution >= 0.6 is 11.3 Å². The normalized spacial score (nSPS) is 9.25. The van der Waals surface area contributed by atoms with Gasteiger partial charge < -0.3 is 19.8 Å². The van der Waals surface area contributed by atoms with Crippen LogP contribution in [0.4, 0.5) is 0 Å². The Morgan fingerprint density at radius 2 is 1.65 bits per heavy atom. The Hall–Kier alpha value is -0.280. The number of hydrogen-bond donors (Lipinski definition) is 0. The molecule has 0 radical (unpaired) electrons. The number of carboxylic acids is 2. The fourth-order valence-corrected chi connectivity index (χ4v) is 2.13. The number of aromatic nitrogens is 2. The van der Waals surface area contributed by atoms with Crippen LogP contribution in [-0.4, -0.2) is 22.1 Å². The van der Waals surface area contributed by atoms with Crippen LogP contribution in [0.1, 0.15) is 25.7 Å². The number of aryl methyl sites for hydroxylation is 1. The van der Waals surface area contributed by atoms with Crippen molar-refractivity contribution in [1.29, 1.82) is 0 Å². The predicted octanol–water partition coefficient (Wildman–Crippen LogP) is -6.75. The summed E-state index contributed by atoms with van der Waals surface area (Å²) in [5.41, 5.74) is -0.370. The van der Waals surface area contributed by atoms with E-state index < -0.39 is 23.1 Å². The standard InChI is InChI=1S/C11H8N2O4S.2Na/c1-5-12-13-9(18-5)6-2-3-7(10(14)15)8(4-6)11(16)17;;/h2-4H,1H3,(H,14,15)(H,16,17);;/q;2*+1/p-2. The SMILES string of the molecule is Cc1nnc(-c2ccc(C(=O)[O-])c(C(=O)[O-])c2)s1.[Na+].[Na+]. The largest absolute Gasteiger partial charge is 1.00 e. The molecule has 0 aliphatic carbocycles. The fourth-order valence-electron chi connectivity index (χ4n) is 1.44. The smallest absolute Gasteiger partial charge is 0.545 e. The van der Waals surface area contributed by atoms with Gasteiger partial charge in [0.15, 0.2) is 0 Å². The van der Waals surface area contributed by atoms with Gasteiger partial charge in [0.25, 0.3) is 0 Å². The molecule has 0 fully saturated rings. The van der Waals surface area contributed by atoms with Gasteiger partial charge in [-0.3, -0.25) is 0 Å². The van der Waals surface area contributed by atoms with Crippen molar-refractivity contribution < 1.29 is 78.9 Å². The summed E-state index contributed by atoms with van der Waals surface area (Å²) in [5, 5.41) is 30.5. The van der Waals surface area contributed by atoms with Crippen LogP contribution in [0.25, 0.3) is 10.6 Å². The Balaban J connectivity index is 0.00000180. The Labute approximate surface area is 162 Å². The molecule has 0 aliphatic rings. The zero-order valence-electron chi connectivity index (χ0n) is 11.2. The first-order valence-corrected chi connectivity index (χ1v) is 5.68. The number of carboxylic acid groups (broad SMARTS) is 2. The van der Waals surface area contributed by atoms with E-state index in [4.69, 9.17) is 0 Å². The maximum absolute atomic E-state index is 10.9. The van der Waals surface area contributed by atoms with Crippen LogP contribution in [0.5, 0.6) is 0 Å². The van der Waals surface area contributed by atoms with Crippen molar-refractivity contribution >= 4 is 23.3 Å². The number of hydrogen-bond acceptors (Lipinski definition) is 7. The number of carbonyl (C=O) groups excluding carboxylic acids is 2. The molecule has 1 aromatic carbocycles. The molecule has 0 N–H and O–H groups in total. The van der Waals surface area contributed by atoms with Crippen LogP contribution in [0, 0.1) is 6.92 Å². The number of nitrogens with zero attached hydrogens (tertiary/aromatic N) is 2. The quantitative estimate of drug-likeness (QED) is 0.522. The molecule has 20 heavy (non-hydrogen) atoms. The van der Waals surface area contributed by atoms with Crippen molar-refractivity contribution in [3.8, 4) is 10.6 Å². The molecule has 0 unspecified atom stereocenters. The minimum Gasteiger partial charge on any atom is -0.545 e. The maximum atomic E-state index is 10.9. The summed E-state index contributed by atoms with van der Waals surface area (Å²) in [6.07, 6.45) is 0. The summed E-state index contributed by atoms with van der Waals surface area (Å²) in [5.74, 6) is -3.13. The zero-order chi connectivity index (χ0) is 13.3. The molecular formula is C11H6N2Na2O4S. The van der Waals surface area contributed by atoms with E-state index in [-0.39, 0.29) is 59.1 Å². The molecule has 92 valence electrons. The van der Waals surface area contributed by atoms with E-state index in [2.05, 4.69) is 10.2 Å². The second-order valence-corrected chi connectivity index (χ2v) is 4.64. The topological polar surface area (TPSA) is 106 Å². The fraction of sp³-hybridized carbons (Fsp3) is 0.0909. The Morgan fingerprint density at radius 3 is 2.10 bits per heavy atom. The number of carbonyl (C=O) groups is 2. The molecule has 0 atom stereocenters. The summed E-state index contributed by atoms with van der Waals surface area (Å²) in [4.78, 5) is 21.6. The molecule has 0 spiro atoms. The van der Waals surface area contributed by atoms with Crippen molar-refractivity contribution in [3.05, 3.63) is 34.3 Å². The van der Waals surface area contributed by atoms with Crippen molar-refractivity contribution in [1.82, 2.24) is 10.2 Å². The summed E-state index contributed by atoms with van der Waals surface area (Å²) >= 11 is 1.28. The summed E-state index contributed by atoms with van der Waals surface area (Å²) in [6, 6.07) is 3.81. The van der Waals surface area contributed by atoms with E-state index >= 15 is 0 Å². The Morgan fingerprint density at radius 1 is 1.05 bits per heavy atom. The van der Waals surface area contributed by atoms with Crippen LogP contribution in [0.2, 0.25) is 0 Å². The third kappa shape index (κ3) is 4.36. The van der Waals surface area contributed by atoms with E-state index in [1.165, 1.54) is 23.5 Å². The molecule has 2 aromatic rings. The molecule has 0 aliphatic heterocycles. The van der Waals surface area contributed by atoms with Gasteiger partial charge >= 0.3 is 59.1 Å². The van der Waals surface area contributed by atoms with Crippen LogP contribution < -0.4 is 69.3 Å². The first-order chi connectivity index (χ1) is 8.49. The van der Waals surface area contributed by atoms with E-state index in [9.17, 15) is 19.8 Å². The minimum atomic E-state index is -1.57. The van der Waals surface area contributed by atoms with Gasteiger partial charge in [0.2, 0.25) is 0 Å². The first-order valence-electron chi connectivity index (χ1n) is 4.86. The van der Waals surface area contributed by atoms with Crippen LogP contribution in [0.15, 0.2) is 18.2 Å². The molecule has 0 amide bonds. The predicted molar refractivity (Wildman–Crippen MR) is 58.7 cm³/mol. The molecule has 6 nitrogen and oxygen atoms in total. The van der Waals surface area contributed by atoms with E-state index in [1.54, 1.807) is 6.92 Å². The van der Waals surface area contributed by atoms with Gasteiger partial charge in [0, 0.05) is 16.7 Å². The van der Waals surface area contributed by atoms with Gasteiger partial charge in [-0.25, -0.2) is 0 Å². The molecule has 0 bridgehead atoms. The monoisotopic (exact) mass is 308 g/mol. The van der Waals surface area contributed by atoms with Gasteiger partial charge in [-0.1, -0.05) is 23.5 Å². The average molecular weight is 308 g/mol. The van der Waals surface area contributed by atoms with Crippen LogP contribution in [0.3, 0.4) is 0 Å². The van der Waals surface area contributed by atoms with E-state index in [1.807, 2.05) is 0 Å². The van der Waals surface area contributed by atoms with Crippen molar-refractivity contribution in [2.75, 3.05) is 0 Å². The van der Waals surface area contributed by atoms with Crippen molar-refractivity contribution in [2.24, 2.45) is 0 Å². The summed E-state index contributed by atoms with van der Waals surface area (Å²) in [6.45, 7) is 1.76. The number of aromatic carboxylic acids is 2. The first kappa shape index (κ1) is 19.7. The van der Waals surface area contributed by atoms with Crippen molar-refractivity contribution in [2.45, 2.75) is 6.92 Å². The van der Waals surface area contributed by atoms with Gasteiger partial charge in [0.1, 0.15) is 10.0 Å². The number of rotatable bonds is 3. The van der Waals surface area contributed by atoms with Crippen molar-refractivity contribution in [3.63, 3.8) is 0 Å². The van der Waals surface area contributed by atoms with Crippen LogP contribution in [-0.2, 0) is 0 Å². The van der Waals surface area contributed by atoms with E-state index in [0.29, 0.717) is 10.6 Å². The molecular weight excluding hydrogens is 302 g/mol. The molecule has 0 saturated heterocycles. The zero-order valence-corrected chi connectivity index (χ0v) is 16.0. The van der Waals surface area contributed by atoms with E-state index in [0.717, 1.165) is 11.1 Å². The van der Waals surface area contributed by atoms with Gasteiger partial charge in [-0.2, -0.15) is 0 Å². The third-order valence-electron chi connectivity index (χ3n) is 2.23. The van der Waals surface area contributed by atoms with Gasteiger partial charge in [-0.05, 0) is 13.0 Å². The molecule has 1 aromatic heterocycles. The summed E-state index contributed by atoms with van der Waals surface area (Å²) in [7, 11) is 0. The average Bonchev–Trinajstić information content (AvgIpc) is 2.75. The maximum Gasteiger partial charge on any atom is 1.00 e. The molecule has 0 saturated carbocycles.